The summed E-state index contributed by atoms with van der Waals surface area (Å²) in [6, 6.07) is 10.9. The van der Waals surface area contributed by atoms with Gasteiger partial charge in [-0.1, -0.05) is 23.2 Å². The molecule has 0 aliphatic carbocycles. The van der Waals surface area contributed by atoms with E-state index in [-0.39, 0.29) is 0 Å². The van der Waals surface area contributed by atoms with Crippen LogP contribution in [0.15, 0.2) is 42.5 Å². The van der Waals surface area contributed by atoms with Gasteiger partial charge in [0.15, 0.2) is 0 Å². The average molecular weight is 403 g/mol. The number of nitrogens with zero attached hydrogens (tertiary/aromatic N) is 1. The van der Waals surface area contributed by atoms with Gasteiger partial charge in [-0.2, -0.15) is 0 Å². The Bertz CT molecular complexity index is 870. The molecule has 0 aliphatic heterocycles. The maximum atomic E-state index is 12.3. The third-order valence-corrected chi connectivity index (χ3v) is 4.96. The lowest BCUT2D eigenvalue weighted by Crippen LogP contribution is -2.37. The molecule has 0 atom stereocenters. The molecule has 0 fully saturated rings. The van der Waals surface area contributed by atoms with Crippen molar-refractivity contribution >= 4 is 50.5 Å². The molecule has 2 rings (SSSR count). The van der Waals surface area contributed by atoms with E-state index in [9.17, 15) is 13.2 Å². The van der Waals surface area contributed by atoms with Crippen LogP contribution in [-0.4, -0.2) is 34.2 Å². The third-order valence-electron chi connectivity index (χ3n) is 3.25. The first kappa shape index (κ1) is 19.4. The smallest absolute Gasteiger partial charge is 0.245 e. The summed E-state index contributed by atoms with van der Waals surface area (Å²) in [6.45, 7) is -0.409. The van der Waals surface area contributed by atoms with Crippen LogP contribution < -0.4 is 14.4 Å². The number of carbonyl (C=O) groups is 1. The van der Waals surface area contributed by atoms with Crippen molar-refractivity contribution in [2.24, 2.45) is 0 Å². The number of hydrogen-bond acceptors (Lipinski definition) is 4. The van der Waals surface area contributed by atoms with Gasteiger partial charge in [0.2, 0.25) is 15.9 Å². The minimum atomic E-state index is -3.67. The van der Waals surface area contributed by atoms with Gasteiger partial charge in [0, 0.05) is 5.02 Å². The number of anilines is 2. The van der Waals surface area contributed by atoms with Gasteiger partial charge < -0.3 is 10.1 Å². The van der Waals surface area contributed by atoms with Gasteiger partial charge in [0.1, 0.15) is 12.3 Å². The monoisotopic (exact) mass is 402 g/mol. The molecule has 0 bridgehead atoms. The summed E-state index contributed by atoms with van der Waals surface area (Å²) in [5, 5.41) is 3.26. The Morgan fingerprint density at radius 1 is 1.16 bits per heavy atom. The molecular formula is C16H16Cl2N2O4S. The van der Waals surface area contributed by atoms with E-state index in [1.165, 1.54) is 19.2 Å². The summed E-state index contributed by atoms with van der Waals surface area (Å²) in [6.07, 6.45) is 1.02. The highest BCUT2D eigenvalue weighted by atomic mass is 35.5. The van der Waals surface area contributed by atoms with Crippen LogP contribution in [0.4, 0.5) is 11.4 Å². The molecule has 0 aromatic heterocycles. The van der Waals surface area contributed by atoms with Crippen molar-refractivity contribution in [1.29, 1.82) is 0 Å². The molecule has 0 saturated heterocycles. The molecule has 25 heavy (non-hydrogen) atoms. The van der Waals surface area contributed by atoms with E-state index in [0.717, 1.165) is 10.6 Å². The quantitative estimate of drug-likeness (QED) is 0.802. The first-order valence-electron chi connectivity index (χ1n) is 7.07. The second kappa shape index (κ2) is 7.95. The van der Waals surface area contributed by atoms with E-state index in [0.29, 0.717) is 27.2 Å². The number of halogens is 2. The molecular weight excluding hydrogens is 387 g/mol. The van der Waals surface area contributed by atoms with Crippen LogP contribution in [0.2, 0.25) is 10.0 Å². The predicted octanol–water partition coefficient (Wildman–Crippen LogP) is 3.41. The maximum absolute atomic E-state index is 12.3. The minimum absolute atomic E-state index is 0.299. The van der Waals surface area contributed by atoms with Crippen LogP contribution >= 0.6 is 23.2 Å². The van der Waals surface area contributed by atoms with Crippen LogP contribution in [0.25, 0.3) is 0 Å². The number of rotatable bonds is 6. The van der Waals surface area contributed by atoms with E-state index in [2.05, 4.69) is 5.32 Å². The van der Waals surface area contributed by atoms with Gasteiger partial charge in [-0.25, -0.2) is 8.42 Å². The number of amides is 1. The number of ether oxygens (including phenoxy) is 1. The lowest BCUT2D eigenvalue weighted by atomic mass is 10.3. The molecule has 2 aromatic carbocycles. The summed E-state index contributed by atoms with van der Waals surface area (Å²) in [7, 11) is -2.17. The number of benzene rings is 2. The Morgan fingerprint density at radius 2 is 1.80 bits per heavy atom. The van der Waals surface area contributed by atoms with Gasteiger partial charge in [0.25, 0.3) is 0 Å². The van der Waals surface area contributed by atoms with Crippen molar-refractivity contribution in [2.45, 2.75) is 0 Å². The molecule has 1 amide bonds. The highest BCUT2D eigenvalue weighted by molar-refractivity contribution is 7.92. The first-order valence-corrected chi connectivity index (χ1v) is 9.68. The first-order chi connectivity index (χ1) is 11.7. The van der Waals surface area contributed by atoms with Crippen LogP contribution in [0.3, 0.4) is 0 Å². The number of carbonyl (C=O) groups excluding carboxylic acids is 1. The number of hydrogen-bond donors (Lipinski definition) is 1. The van der Waals surface area contributed by atoms with Crippen molar-refractivity contribution in [3.63, 3.8) is 0 Å². The molecule has 134 valence electrons. The summed E-state index contributed by atoms with van der Waals surface area (Å²) < 4.78 is 30.2. The SMILES string of the molecule is COc1ccc(N(CC(=O)Nc2cc(Cl)ccc2Cl)S(C)(=O)=O)cc1. The van der Waals surface area contributed by atoms with E-state index in [4.69, 9.17) is 27.9 Å². The molecule has 0 saturated carbocycles. The van der Waals surface area contributed by atoms with E-state index >= 15 is 0 Å². The van der Waals surface area contributed by atoms with Gasteiger partial charge >= 0.3 is 0 Å². The van der Waals surface area contributed by atoms with Gasteiger partial charge in [-0.3, -0.25) is 9.10 Å². The number of methoxy groups -OCH3 is 1. The van der Waals surface area contributed by atoms with Gasteiger partial charge in [-0.15, -0.1) is 0 Å². The second-order valence-corrected chi connectivity index (χ2v) is 7.89. The zero-order chi connectivity index (χ0) is 18.6. The molecule has 2 aromatic rings. The van der Waals surface area contributed by atoms with E-state index < -0.39 is 22.5 Å². The summed E-state index contributed by atoms with van der Waals surface area (Å²) in [5.74, 6) is 0.0257. The molecule has 0 unspecified atom stereocenters. The topological polar surface area (TPSA) is 75.7 Å². The molecule has 6 nitrogen and oxygen atoms in total. The second-order valence-electron chi connectivity index (χ2n) is 5.14. The zero-order valence-electron chi connectivity index (χ0n) is 13.5. The molecule has 0 heterocycles. The zero-order valence-corrected chi connectivity index (χ0v) is 15.8. The van der Waals surface area contributed by atoms with Crippen molar-refractivity contribution in [1.82, 2.24) is 0 Å². The summed E-state index contributed by atoms with van der Waals surface area (Å²) in [4.78, 5) is 12.3. The van der Waals surface area contributed by atoms with E-state index in [1.54, 1.807) is 30.3 Å². The molecule has 0 spiro atoms. The number of sulfonamides is 1. The Labute approximate surface area is 156 Å². The Morgan fingerprint density at radius 3 is 2.36 bits per heavy atom. The Balaban J connectivity index is 2.22. The van der Waals surface area contributed by atoms with Gasteiger partial charge in [-0.05, 0) is 42.5 Å². The summed E-state index contributed by atoms with van der Waals surface area (Å²) >= 11 is 11.9. The van der Waals surface area contributed by atoms with Crippen LogP contribution in [0.5, 0.6) is 5.75 Å². The lowest BCUT2D eigenvalue weighted by molar-refractivity contribution is -0.114. The van der Waals surface area contributed by atoms with Gasteiger partial charge in [0.05, 0.1) is 29.8 Å². The van der Waals surface area contributed by atoms with Crippen molar-refractivity contribution in [2.75, 3.05) is 29.5 Å². The molecule has 0 radical (unpaired) electrons. The van der Waals surface area contributed by atoms with Crippen molar-refractivity contribution in [3.8, 4) is 5.75 Å². The third kappa shape index (κ3) is 5.26. The predicted molar refractivity (Wildman–Crippen MR) is 100 cm³/mol. The Kier molecular flexibility index (Phi) is 6.16. The Hall–Kier alpha value is -1.96. The fourth-order valence-electron chi connectivity index (χ4n) is 2.06. The van der Waals surface area contributed by atoms with Crippen LogP contribution in [0.1, 0.15) is 0 Å². The normalized spacial score (nSPS) is 11.0. The van der Waals surface area contributed by atoms with Crippen LogP contribution in [-0.2, 0) is 14.8 Å². The van der Waals surface area contributed by atoms with E-state index in [1.807, 2.05) is 0 Å². The molecule has 9 heteroatoms. The standard InChI is InChI=1S/C16H16Cl2N2O4S/c1-24-13-6-4-12(5-7-13)20(25(2,22)23)10-16(21)19-15-9-11(17)3-8-14(15)18/h3-9H,10H2,1-2H3,(H,19,21). The van der Waals surface area contributed by atoms with Crippen LogP contribution in [0, 0.1) is 0 Å². The largest absolute Gasteiger partial charge is 0.497 e. The lowest BCUT2D eigenvalue weighted by Gasteiger charge is -2.22. The molecule has 0 aliphatic rings. The maximum Gasteiger partial charge on any atom is 0.245 e. The number of nitrogens with one attached hydrogen (secondary N) is 1. The van der Waals surface area contributed by atoms with Crippen molar-refractivity contribution < 1.29 is 17.9 Å². The minimum Gasteiger partial charge on any atom is -0.497 e. The fourth-order valence-corrected chi connectivity index (χ4v) is 3.26. The highest BCUT2D eigenvalue weighted by Gasteiger charge is 2.21. The fraction of sp³-hybridized carbons (Fsp3) is 0.188. The molecule has 1 N–H and O–H groups in total. The highest BCUT2D eigenvalue weighted by Crippen LogP contribution is 2.26. The average Bonchev–Trinajstić information content (AvgIpc) is 2.55. The summed E-state index contributed by atoms with van der Waals surface area (Å²) in [5.41, 5.74) is 0.651. The van der Waals surface area contributed by atoms with Crippen molar-refractivity contribution in [3.05, 3.63) is 52.5 Å².